The van der Waals surface area contributed by atoms with Crippen molar-refractivity contribution in [3.8, 4) is 5.75 Å². The average molecular weight is 556 g/mol. The smallest absolute Gasteiger partial charge is 0.408 e. The van der Waals surface area contributed by atoms with Gasteiger partial charge in [-0.25, -0.2) is 9.59 Å². The molecule has 0 unspecified atom stereocenters. The van der Waals surface area contributed by atoms with Crippen molar-refractivity contribution in [1.82, 2.24) is 16.0 Å². The summed E-state index contributed by atoms with van der Waals surface area (Å²) in [5, 5.41) is 17.0. The van der Waals surface area contributed by atoms with E-state index in [-0.39, 0.29) is 18.8 Å². The number of alkyl carbamates (subject to hydrolysis) is 1. The highest BCUT2D eigenvalue weighted by atomic mass is 16.6. The zero-order valence-electron chi connectivity index (χ0n) is 24.0. The van der Waals surface area contributed by atoms with E-state index in [1.54, 1.807) is 45.0 Å². The molecule has 10 nitrogen and oxygen atoms in total. The molecule has 0 heterocycles. The lowest BCUT2D eigenvalue weighted by Crippen LogP contribution is -2.55. The molecule has 2 rings (SSSR count). The number of aliphatic carboxylic acids is 1. The number of amides is 3. The number of ether oxygens (including phenoxy) is 2. The van der Waals surface area contributed by atoms with Gasteiger partial charge in [-0.3, -0.25) is 9.59 Å². The molecule has 0 radical (unpaired) electrons. The SMILES string of the molecule is CC(C)C[C@@H](NC(=O)[C@@H](C)NC(=O)[C@H](Cc1ccc(OCc2ccccc2)cc1)NC(=O)OC(C)(C)C)C(=O)O. The van der Waals surface area contributed by atoms with Crippen LogP contribution in [0.4, 0.5) is 4.79 Å². The Bertz CT molecular complexity index is 1130. The first-order valence-electron chi connectivity index (χ1n) is 13.3. The largest absolute Gasteiger partial charge is 0.489 e. The molecule has 10 heteroatoms. The molecule has 0 aliphatic rings. The van der Waals surface area contributed by atoms with Crippen molar-refractivity contribution in [3.05, 3.63) is 65.7 Å². The predicted molar refractivity (Wildman–Crippen MR) is 151 cm³/mol. The van der Waals surface area contributed by atoms with E-state index in [0.717, 1.165) is 11.1 Å². The van der Waals surface area contributed by atoms with Crippen molar-refractivity contribution in [1.29, 1.82) is 0 Å². The van der Waals surface area contributed by atoms with Crippen molar-refractivity contribution in [2.24, 2.45) is 5.92 Å². The van der Waals surface area contributed by atoms with Gasteiger partial charge < -0.3 is 30.5 Å². The Morgan fingerprint density at radius 1 is 0.800 bits per heavy atom. The molecule has 3 amide bonds. The molecule has 0 aliphatic carbocycles. The number of carboxylic acids is 1. The molecule has 0 aliphatic heterocycles. The van der Waals surface area contributed by atoms with Crippen LogP contribution < -0.4 is 20.7 Å². The highest BCUT2D eigenvalue weighted by Crippen LogP contribution is 2.16. The Labute approximate surface area is 235 Å². The van der Waals surface area contributed by atoms with Gasteiger partial charge in [0.2, 0.25) is 11.8 Å². The monoisotopic (exact) mass is 555 g/mol. The molecule has 0 fully saturated rings. The topological polar surface area (TPSA) is 143 Å². The van der Waals surface area contributed by atoms with E-state index in [2.05, 4.69) is 16.0 Å². The number of hydrogen-bond acceptors (Lipinski definition) is 6. The first-order valence-corrected chi connectivity index (χ1v) is 13.3. The van der Waals surface area contributed by atoms with Crippen molar-refractivity contribution in [2.75, 3.05) is 0 Å². The first-order chi connectivity index (χ1) is 18.7. The van der Waals surface area contributed by atoms with E-state index in [0.29, 0.717) is 12.4 Å². The minimum Gasteiger partial charge on any atom is -0.489 e. The Kier molecular flexibility index (Phi) is 12.0. The van der Waals surface area contributed by atoms with Crippen molar-refractivity contribution >= 4 is 23.9 Å². The molecule has 2 aromatic rings. The van der Waals surface area contributed by atoms with Crippen LogP contribution in [0.15, 0.2) is 54.6 Å². The number of rotatable bonds is 13. The van der Waals surface area contributed by atoms with E-state index in [9.17, 15) is 24.3 Å². The number of carbonyl (C=O) groups is 4. The van der Waals surface area contributed by atoms with Gasteiger partial charge in [-0.15, -0.1) is 0 Å². The second-order valence-electron chi connectivity index (χ2n) is 11.1. The van der Waals surface area contributed by atoms with Crippen molar-refractivity contribution < 1.29 is 33.8 Å². The molecule has 4 N–H and O–H groups in total. The minimum atomic E-state index is -1.15. The van der Waals surface area contributed by atoms with Gasteiger partial charge in [0.05, 0.1) is 0 Å². The summed E-state index contributed by atoms with van der Waals surface area (Å²) in [7, 11) is 0. The van der Waals surface area contributed by atoms with Gasteiger partial charge in [-0.1, -0.05) is 56.3 Å². The highest BCUT2D eigenvalue weighted by Gasteiger charge is 2.29. The molecule has 0 aromatic heterocycles. The van der Waals surface area contributed by atoms with E-state index < -0.39 is 47.6 Å². The summed E-state index contributed by atoms with van der Waals surface area (Å²) in [5.41, 5.74) is 0.989. The Morgan fingerprint density at radius 3 is 1.98 bits per heavy atom. The van der Waals surface area contributed by atoms with Gasteiger partial charge >= 0.3 is 12.1 Å². The predicted octanol–water partition coefficient (Wildman–Crippen LogP) is 3.82. The Morgan fingerprint density at radius 2 is 1.43 bits per heavy atom. The zero-order chi connectivity index (χ0) is 29.9. The molecule has 2 aromatic carbocycles. The first kappa shape index (κ1) is 32.1. The fraction of sp³-hybridized carbons (Fsp3) is 0.467. The number of hydrogen-bond donors (Lipinski definition) is 4. The summed E-state index contributed by atoms with van der Waals surface area (Å²) in [6.45, 7) is 10.7. The van der Waals surface area contributed by atoms with Crippen LogP contribution in [0.5, 0.6) is 5.75 Å². The van der Waals surface area contributed by atoms with Gasteiger partial charge in [0.15, 0.2) is 0 Å². The summed E-state index contributed by atoms with van der Waals surface area (Å²) < 4.78 is 11.1. The zero-order valence-corrected chi connectivity index (χ0v) is 24.0. The van der Waals surface area contributed by atoms with Crippen LogP contribution in [0.25, 0.3) is 0 Å². The number of benzene rings is 2. The fourth-order valence-electron chi connectivity index (χ4n) is 3.73. The fourth-order valence-corrected chi connectivity index (χ4v) is 3.73. The maximum absolute atomic E-state index is 13.2. The summed E-state index contributed by atoms with van der Waals surface area (Å²) in [5.74, 6) is -1.72. The van der Waals surface area contributed by atoms with Crippen LogP contribution >= 0.6 is 0 Å². The maximum atomic E-state index is 13.2. The molecule has 40 heavy (non-hydrogen) atoms. The summed E-state index contributed by atoms with van der Waals surface area (Å²) in [6.07, 6.45) is -0.422. The van der Waals surface area contributed by atoms with Gasteiger partial charge in [-0.05, 0) is 63.3 Å². The van der Waals surface area contributed by atoms with Gasteiger partial charge in [0, 0.05) is 6.42 Å². The van der Waals surface area contributed by atoms with Crippen LogP contribution in [0.3, 0.4) is 0 Å². The second-order valence-corrected chi connectivity index (χ2v) is 11.1. The van der Waals surface area contributed by atoms with Crippen LogP contribution in [-0.2, 0) is 32.1 Å². The lowest BCUT2D eigenvalue weighted by atomic mass is 10.0. The molecule has 0 saturated carbocycles. The highest BCUT2D eigenvalue weighted by molar-refractivity contribution is 5.92. The van der Waals surface area contributed by atoms with Gasteiger partial charge in [0.25, 0.3) is 0 Å². The number of carbonyl (C=O) groups excluding carboxylic acids is 3. The third-order valence-corrected chi connectivity index (χ3v) is 5.69. The molecule has 0 spiro atoms. The van der Waals surface area contributed by atoms with Gasteiger partial charge in [0.1, 0.15) is 36.1 Å². The second kappa shape index (κ2) is 14.9. The van der Waals surface area contributed by atoms with Crippen LogP contribution in [0, 0.1) is 5.92 Å². The Hall–Kier alpha value is -4.08. The molecule has 218 valence electrons. The van der Waals surface area contributed by atoms with E-state index in [4.69, 9.17) is 9.47 Å². The molecular formula is C30H41N3O7. The quantitative estimate of drug-likeness (QED) is 0.294. The lowest BCUT2D eigenvalue weighted by Gasteiger charge is -2.25. The molecular weight excluding hydrogens is 514 g/mol. The van der Waals surface area contributed by atoms with E-state index in [1.807, 2.05) is 44.2 Å². The number of carboxylic acid groups (broad SMARTS) is 1. The van der Waals surface area contributed by atoms with Crippen molar-refractivity contribution in [3.63, 3.8) is 0 Å². The lowest BCUT2D eigenvalue weighted by molar-refractivity contribution is -0.142. The van der Waals surface area contributed by atoms with Crippen LogP contribution in [0.1, 0.15) is 59.1 Å². The van der Waals surface area contributed by atoms with E-state index >= 15 is 0 Å². The molecule has 3 atom stereocenters. The van der Waals surface area contributed by atoms with Crippen molar-refractivity contribution in [2.45, 2.75) is 84.7 Å². The number of nitrogens with one attached hydrogen (secondary N) is 3. The van der Waals surface area contributed by atoms with Crippen LogP contribution in [0.2, 0.25) is 0 Å². The summed E-state index contributed by atoms with van der Waals surface area (Å²) in [6, 6.07) is 13.7. The van der Waals surface area contributed by atoms with Gasteiger partial charge in [-0.2, -0.15) is 0 Å². The summed E-state index contributed by atoms with van der Waals surface area (Å²) in [4.78, 5) is 49.9. The summed E-state index contributed by atoms with van der Waals surface area (Å²) >= 11 is 0. The molecule has 0 bridgehead atoms. The molecule has 0 saturated heterocycles. The standard InChI is InChI=1S/C30H41N3O7/c1-19(2)16-25(28(36)37)32-26(34)20(3)31-27(35)24(33-29(38)40-30(4,5)6)17-21-12-14-23(15-13-21)39-18-22-10-8-7-9-11-22/h7-15,19-20,24-25H,16-18H2,1-6H3,(H,31,35)(H,32,34)(H,33,38)(H,36,37)/t20-,24+,25-/m1/s1. The third-order valence-electron chi connectivity index (χ3n) is 5.69. The van der Waals surface area contributed by atoms with E-state index in [1.165, 1.54) is 6.92 Å². The van der Waals surface area contributed by atoms with Crippen LogP contribution in [-0.4, -0.2) is 52.7 Å². The Balaban J connectivity index is 2.09. The third kappa shape index (κ3) is 11.8. The maximum Gasteiger partial charge on any atom is 0.408 e. The minimum absolute atomic E-state index is 0.0452. The average Bonchev–Trinajstić information content (AvgIpc) is 2.86. The normalized spacial score (nSPS) is 13.5.